The summed E-state index contributed by atoms with van der Waals surface area (Å²) in [5.41, 5.74) is -0.230. The summed E-state index contributed by atoms with van der Waals surface area (Å²) in [6, 6.07) is 5.59. The summed E-state index contributed by atoms with van der Waals surface area (Å²) in [6.45, 7) is 0. The molecule has 0 atom stereocenters. The number of anilines is 2. The standard InChI is InChI=1S/C14H10F3N5OS/c1-23-9-4-5-18-10(6-9)12-21-22-13(24-12)20-11-3-2-8(7-19-11)14(15,16)17/h2-7H,1H3,(H,19,20,22). The molecule has 1 N–H and O–H groups in total. The highest BCUT2D eigenvalue weighted by molar-refractivity contribution is 7.18. The van der Waals surface area contributed by atoms with Crippen LogP contribution in [0, 0.1) is 0 Å². The Balaban J connectivity index is 1.76. The quantitative estimate of drug-likeness (QED) is 0.770. The van der Waals surface area contributed by atoms with Crippen molar-refractivity contribution in [1.29, 1.82) is 0 Å². The number of alkyl halides is 3. The molecule has 10 heteroatoms. The van der Waals surface area contributed by atoms with Crippen LogP contribution in [0.25, 0.3) is 10.7 Å². The van der Waals surface area contributed by atoms with E-state index in [4.69, 9.17) is 4.74 Å². The molecule has 0 radical (unpaired) electrons. The van der Waals surface area contributed by atoms with E-state index >= 15 is 0 Å². The number of halogens is 3. The lowest BCUT2D eigenvalue weighted by Crippen LogP contribution is -2.05. The second-order valence-electron chi connectivity index (χ2n) is 4.55. The van der Waals surface area contributed by atoms with E-state index in [2.05, 4.69) is 25.5 Å². The maximum Gasteiger partial charge on any atom is 0.417 e. The number of methoxy groups -OCH3 is 1. The third-order valence-electron chi connectivity index (χ3n) is 2.94. The topological polar surface area (TPSA) is 72.8 Å². The van der Waals surface area contributed by atoms with Gasteiger partial charge in [-0.15, -0.1) is 10.2 Å². The average molecular weight is 353 g/mol. The van der Waals surface area contributed by atoms with E-state index in [9.17, 15) is 13.2 Å². The highest BCUT2D eigenvalue weighted by Crippen LogP contribution is 2.31. The predicted molar refractivity (Wildman–Crippen MR) is 82.2 cm³/mol. The van der Waals surface area contributed by atoms with Crippen LogP contribution in [0.4, 0.5) is 24.1 Å². The van der Waals surface area contributed by atoms with Crippen LogP contribution in [0.2, 0.25) is 0 Å². The molecule has 0 amide bonds. The third-order valence-corrected chi connectivity index (χ3v) is 3.80. The minimum atomic E-state index is -4.42. The van der Waals surface area contributed by atoms with E-state index in [1.54, 1.807) is 25.4 Å². The minimum Gasteiger partial charge on any atom is -0.497 e. The van der Waals surface area contributed by atoms with E-state index in [1.165, 1.54) is 17.4 Å². The van der Waals surface area contributed by atoms with Gasteiger partial charge in [-0.1, -0.05) is 11.3 Å². The summed E-state index contributed by atoms with van der Waals surface area (Å²) in [6.07, 6.45) is -2.08. The SMILES string of the molecule is COc1ccnc(-c2nnc(Nc3ccc(C(F)(F)F)cn3)s2)c1. The molecule has 24 heavy (non-hydrogen) atoms. The molecule has 0 unspecified atom stereocenters. The molecular formula is C14H10F3N5OS. The highest BCUT2D eigenvalue weighted by atomic mass is 32.1. The molecule has 0 aliphatic heterocycles. The number of ether oxygens (including phenoxy) is 1. The number of hydrogen-bond donors (Lipinski definition) is 1. The van der Waals surface area contributed by atoms with Gasteiger partial charge in [-0.2, -0.15) is 13.2 Å². The second kappa shape index (κ2) is 6.40. The summed E-state index contributed by atoms with van der Waals surface area (Å²) in [5, 5.41) is 11.7. The van der Waals surface area contributed by atoms with Crippen LogP contribution in [-0.2, 0) is 6.18 Å². The first-order chi connectivity index (χ1) is 11.5. The van der Waals surface area contributed by atoms with Crippen molar-refractivity contribution in [3.63, 3.8) is 0 Å². The largest absolute Gasteiger partial charge is 0.497 e. The zero-order chi connectivity index (χ0) is 17.2. The molecule has 124 valence electrons. The molecule has 0 bridgehead atoms. The third kappa shape index (κ3) is 3.59. The van der Waals surface area contributed by atoms with E-state index in [1.807, 2.05) is 0 Å². The Hall–Kier alpha value is -2.75. The van der Waals surface area contributed by atoms with Crippen molar-refractivity contribution in [1.82, 2.24) is 20.2 Å². The smallest absolute Gasteiger partial charge is 0.417 e. The van der Waals surface area contributed by atoms with Crippen molar-refractivity contribution >= 4 is 22.3 Å². The van der Waals surface area contributed by atoms with E-state index in [0.717, 1.165) is 12.3 Å². The minimum absolute atomic E-state index is 0.240. The lowest BCUT2D eigenvalue weighted by Gasteiger charge is -2.06. The molecule has 0 aromatic carbocycles. The Kier molecular flexibility index (Phi) is 4.30. The van der Waals surface area contributed by atoms with Gasteiger partial charge in [-0.25, -0.2) is 4.98 Å². The van der Waals surface area contributed by atoms with Gasteiger partial charge in [0.25, 0.3) is 0 Å². The monoisotopic (exact) mass is 353 g/mol. The summed E-state index contributed by atoms with van der Waals surface area (Å²) < 4.78 is 42.6. The first-order valence-corrected chi connectivity index (χ1v) is 7.41. The molecule has 0 saturated carbocycles. The van der Waals surface area contributed by atoms with Crippen LogP contribution in [0.15, 0.2) is 36.7 Å². The fourth-order valence-corrected chi connectivity index (χ4v) is 2.50. The van der Waals surface area contributed by atoms with E-state index in [0.29, 0.717) is 21.6 Å². The van der Waals surface area contributed by atoms with Crippen molar-refractivity contribution in [2.75, 3.05) is 12.4 Å². The maximum absolute atomic E-state index is 12.5. The molecule has 3 aromatic rings. The van der Waals surface area contributed by atoms with E-state index < -0.39 is 11.7 Å². The van der Waals surface area contributed by atoms with Crippen molar-refractivity contribution in [2.24, 2.45) is 0 Å². The van der Waals surface area contributed by atoms with Gasteiger partial charge < -0.3 is 10.1 Å². The van der Waals surface area contributed by atoms with Crippen molar-refractivity contribution < 1.29 is 17.9 Å². The molecule has 0 saturated heterocycles. The van der Waals surface area contributed by atoms with Crippen molar-refractivity contribution in [2.45, 2.75) is 6.18 Å². The Morgan fingerprint density at radius 2 is 1.96 bits per heavy atom. The number of nitrogens with zero attached hydrogens (tertiary/aromatic N) is 4. The Morgan fingerprint density at radius 3 is 2.62 bits per heavy atom. The van der Waals surface area contributed by atoms with Gasteiger partial charge in [-0.05, 0) is 18.2 Å². The van der Waals surface area contributed by atoms with Crippen LogP contribution in [0.3, 0.4) is 0 Å². The normalized spacial score (nSPS) is 11.3. The van der Waals surface area contributed by atoms with Gasteiger partial charge in [0.1, 0.15) is 17.3 Å². The Bertz CT molecular complexity index is 835. The number of pyridine rings is 2. The average Bonchev–Trinajstić information content (AvgIpc) is 3.03. The van der Waals surface area contributed by atoms with Crippen LogP contribution in [0.1, 0.15) is 5.56 Å². The summed E-state index contributed by atoms with van der Waals surface area (Å²) in [5.74, 6) is 0.874. The molecule has 6 nitrogen and oxygen atoms in total. The fourth-order valence-electron chi connectivity index (χ4n) is 1.78. The van der Waals surface area contributed by atoms with Crippen molar-refractivity contribution in [3.8, 4) is 16.5 Å². The zero-order valence-corrected chi connectivity index (χ0v) is 13.0. The lowest BCUT2D eigenvalue weighted by atomic mass is 10.3. The fraction of sp³-hybridized carbons (Fsp3) is 0.143. The second-order valence-corrected chi connectivity index (χ2v) is 5.53. The maximum atomic E-state index is 12.5. The lowest BCUT2D eigenvalue weighted by molar-refractivity contribution is -0.137. The van der Waals surface area contributed by atoms with Gasteiger partial charge in [0, 0.05) is 18.5 Å². The van der Waals surface area contributed by atoms with Crippen LogP contribution in [-0.4, -0.2) is 27.3 Å². The Morgan fingerprint density at radius 1 is 1.12 bits per heavy atom. The molecule has 0 aliphatic carbocycles. The zero-order valence-electron chi connectivity index (χ0n) is 12.2. The molecule has 3 aromatic heterocycles. The molecule has 0 fully saturated rings. The van der Waals surface area contributed by atoms with Crippen LogP contribution < -0.4 is 10.1 Å². The van der Waals surface area contributed by atoms with Gasteiger partial charge in [0.05, 0.1) is 12.7 Å². The molecule has 3 rings (SSSR count). The number of aromatic nitrogens is 4. The van der Waals surface area contributed by atoms with Gasteiger partial charge >= 0.3 is 6.18 Å². The highest BCUT2D eigenvalue weighted by Gasteiger charge is 2.30. The molecule has 3 heterocycles. The van der Waals surface area contributed by atoms with Gasteiger partial charge in [0.2, 0.25) is 5.13 Å². The summed E-state index contributed by atoms with van der Waals surface area (Å²) in [4.78, 5) is 7.90. The molecule has 0 aliphatic rings. The van der Waals surface area contributed by atoms with Gasteiger partial charge in [-0.3, -0.25) is 4.98 Å². The van der Waals surface area contributed by atoms with Crippen LogP contribution >= 0.6 is 11.3 Å². The number of nitrogens with one attached hydrogen (secondary N) is 1. The molecule has 0 spiro atoms. The Labute approximate surface area is 138 Å². The predicted octanol–water partition coefficient (Wildman–Crippen LogP) is 3.77. The summed E-state index contributed by atoms with van der Waals surface area (Å²) >= 11 is 1.20. The first kappa shape index (κ1) is 16.1. The number of rotatable bonds is 4. The van der Waals surface area contributed by atoms with Crippen LogP contribution in [0.5, 0.6) is 5.75 Å². The van der Waals surface area contributed by atoms with E-state index in [-0.39, 0.29) is 5.82 Å². The van der Waals surface area contributed by atoms with Gasteiger partial charge in [0.15, 0.2) is 5.01 Å². The molecular weight excluding hydrogens is 343 g/mol. The van der Waals surface area contributed by atoms with Crippen molar-refractivity contribution in [3.05, 3.63) is 42.2 Å². The number of hydrogen-bond acceptors (Lipinski definition) is 7. The summed E-state index contributed by atoms with van der Waals surface area (Å²) in [7, 11) is 1.54. The first-order valence-electron chi connectivity index (χ1n) is 6.60.